The van der Waals surface area contributed by atoms with E-state index in [2.05, 4.69) is 41.7 Å². The summed E-state index contributed by atoms with van der Waals surface area (Å²) in [6.45, 7) is 1.13. The molecule has 4 amide bonds. The van der Waals surface area contributed by atoms with Crippen molar-refractivity contribution in [3.8, 4) is 29.1 Å². The Balaban J connectivity index is 1.11. The molecule has 2 aromatic heterocycles. The maximum Gasteiger partial charge on any atom is 0.339 e. The summed E-state index contributed by atoms with van der Waals surface area (Å²) in [6, 6.07) is 22.0. The smallest absolute Gasteiger partial charge is 0.339 e. The van der Waals surface area contributed by atoms with Crippen molar-refractivity contribution in [2.24, 2.45) is 0 Å². The summed E-state index contributed by atoms with van der Waals surface area (Å²) in [6.07, 6.45) is 0.139. The maximum atomic E-state index is 13.7. The molecule has 4 aromatic carbocycles. The molecule has 0 aliphatic rings. The summed E-state index contributed by atoms with van der Waals surface area (Å²) in [5.41, 5.74) is 1.18. The molecular weight excluding hydrogens is 821 g/mol. The van der Waals surface area contributed by atoms with Gasteiger partial charge in [-0.25, -0.2) is 9.78 Å². The molecule has 6 rings (SSSR count). The number of phenolic OH excluding ortho intramolecular Hbond substituents is 1. The summed E-state index contributed by atoms with van der Waals surface area (Å²) in [5.74, 6) is -6.25. The number of aromatic hydroxyl groups is 2. The van der Waals surface area contributed by atoms with Crippen LogP contribution in [0.2, 0.25) is 0 Å². The van der Waals surface area contributed by atoms with E-state index >= 15 is 0 Å². The van der Waals surface area contributed by atoms with Crippen molar-refractivity contribution in [2.75, 3.05) is 41.6 Å². The quantitative estimate of drug-likeness (QED) is 0.0653. The molecule has 0 aliphatic carbocycles. The highest BCUT2D eigenvalue weighted by Crippen LogP contribution is 2.40. The van der Waals surface area contributed by atoms with Gasteiger partial charge in [0.2, 0.25) is 0 Å². The number of ether oxygens (including phenoxy) is 2. The molecule has 63 heavy (non-hydrogen) atoms. The van der Waals surface area contributed by atoms with E-state index < -0.39 is 59.4 Å². The molecular formula is C42H36N10O11. The van der Waals surface area contributed by atoms with Crippen LogP contribution in [0, 0.1) is 18.3 Å². The van der Waals surface area contributed by atoms with Gasteiger partial charge in [0, 0.05) is 16.8 Å². The lowest BCUT2D eigenvalue weighted by molar-refractivity contribution is -0.117. The number of pyridine rings is 1. The minimum Gasteiger partial charge on any atom is -0.504 e. The largest absolute Gasteiger partial charge is 0.504 e. The zero-order chi connectivity index (χ0) is 45.4. The average molecular weight is 857 g/mol. The van der Waals surface area contributed by atoms with Crippen LogP contribution in [0.15, 0.2) is 91.1 Å². The number of rotatable bonds is 15. The number of phenols is 2. The van der Waals surface area contributed by atoms with Crippen molar-refractivity contribution in [3.63, 3.8) is 0 Å². The van der Waals surface area contributed by atoms with E-state index in [4.69, 9.17) is 14.7 Å². The Morgan fingerprint density at radius 3 is 1.98 bits per heavy atom. The highest BCUT2D eigenvalue weighted by molar-refractivity contribution is 6.10. The number of aliphatic hydroxyl groups is 1. The van der Waals surface area contributed by atoms with Crippen LogP contribution in [0.4, 0.5) is 28.6 Å². The lowest BCUT2D eigenvalue weighted by Crippen LogP contribution is -2.38. The Morgan fingerprint density at radius 2 is 1.43 bits per heavy atom. The number of amides is 4. The number of nitrogens with one attached hydrogen (secondary N) is 5. The normalized spacial score (nSPS) is 11.0. The number of carboxylic acids is 1. The predicted molar refractivity (Wildman–Crippen MR) is 223 cm³/mol. The van der Waals surface area contributed by atoms with Gasteiger partial charge < -0.3 is 51.2 Å². The van der Waals surface area contributed by atoms with E-state index in [1.54, 1.807) is 43.3 Å². The summed E-state index contributed by atoms with van der Waals surface area (Å²) < 4.78 is 10.4. The van der Waals surface area contributed by atoms with Gasteiger partial charge in [-0.2, -0.15) is 5.26 Å². The van der Waals surface area contributed by atoms with E-state index in [9.17, 15) is 44.4 Å². The number of aromatic amines is 1. The molecule has 0 saturated carbocycles. The first kappa shape index (κ1) is 43.5. The molecule has 0 aliphatic heterocycles. The fourth-order valence-corrected chi connectivity index (χ4v) is 6.04. The predicted octanol–water partition coefficient (Wildman–Crippen LogP) is 4.21. The summed E-state index contributed by atoms with van der Waals surface area (Å²) in [5, 5.41) is 71.0. The van der Waals surface area contributed by atoms with Crippen LogP contribution in [0.25, 0.3) is 0 Å². The number of hydrogen-bond donors (Lipinski definition) is 9. The number of nitrogens with zero attached hydrogens (tertiary/aromatic N) is 5. The molecule has 6 aromatic rings. The number of H-pyrrole nitrogens is 1. The van der Waals surface area contributed by atoms with E-state index in [1.807, 2.05) is 6.07 Å². The van der Waals surface area contributed by atoms with E-state index in [0.717, 1.165) is 18.1 Å². The number of hydrogen-bond acceptors (Lipinski definition) is 15. The van der Waals surface area contributed by atoms with Gasteiger partial charge in [-0.15, -0.1) is 5.10 Å². The Morgan fingerprint density at radius 1 is 0.810 bits per heavy atom. The van der Waals surface area contributed by atoms with Crippen molar-refractivity contribution in [3.05, 3.63) is 130 Å². The minimum atomic E-state index is -1.43. The standard InChI is InChI=1S/C42H36N10O11/c1-21-37(50-51-49-21)52(32(53)20-45-38(56)23-8-10-25(11-9-23)46-39(57)24-6-4-22(18-43)5-7-24)26-12-15-31(44-19-26)41(59)48-30-16-13-27(33(54)35(30)62-2)40(58)47-29-17-14-28(42(60)61)34(55)36(29)63-3/h4-17,19,39,46,54-55,57H,20H2,1-3H3,(H,45,56)(H,47,58)(H,48,59)(H,60,61)(H,49,50,51). The van der Waals surface area contributed by atoms with E-state index in [1.165, 1.54) is 55.8 Å². The number of anilines is 5. The molecule has 0 radical (unpaired) electrons. The van der Waals surface area contributed by atoms with Gasteiger partial charge in [0.05, 0.1) is 66.9 Å². The molecule has 9 N–H and O–H groups in total. The highest BCUT2D eigenvalue weighted by atomic mass is 16.5. The third-order valence-electron chi connectivity index (χ3n) is 9.25. The van der Waals surface area contributed by atoms with Gasteiger partial charge in [0.25, 0.3) is 23.6 Å². The van der Waals surface area contributed by atoms with Crippen LogP contribution in [-0.4, -0.2) is 91.2 Å². The lowest BCUT2D eigenvalue weighted by atomic mass is 10.1. The third kappa shape index (κ3) is 9.56. The van der Waals surface area contributed by atoms with Crippen molar-refractivity contribution < 1.29 is 53.9 Å². The second kappa shape index (κ2) is 18.9. The molecule has 0 bridgehead atoms. The molecule has 0 saturated heterocycles. The first-order chi connectivity index (χ1) is 30.2. The van der Waals surface area contributed by atoms with Gasteiger partial charge in [0.15, 0.2) is 35.0 Å². The first-order valence-electron chi connectivity index (χ1n) is 18.4. The van der Waals surface area contributed by atoms with Crippen LogP contribution < -0.4 is 35.6 Å². The van der Waals surface area contributed by atoms with Crippen LogP contribution >= 0.6 is 0 Å². The Hall–Kier alpha value is -9.03. The number of aromatic nitrogens is 4. The van der Waals surface area contributed by atoms with Gasteiger partial charge in [-0.05, 0) is 79.7 Å². The van der Waals surface area contributed by atoms with Crippen LogP contribution in [0.1, 0.15) is 64.6 Å². The summed E-state index contributed by atoms with van der Waals surface area (Å²) in [7, 11) is 2.34. The highest BCUT2D eigenvalue weighted by Gasteiger charge is 2.26. The number of benzene rings is 4. The van der Waals surface area contributed by atoms with E-state index in [0.29, 0.717) is 22.5 Å². The number of carboxylic acid groups (broad SMARTS) is 1. The van der Waals surface area contributed by atoms with Crippen molar-refractivity contribution >= 4 is 58.2 Å². The zero-order valence-corrected chi connectivity index (χ0v) is 33.3. The number of aromatic carboxylic acids is 1. The average Bonchev–Trinajstić information content (AvgIpc) is 3.70. The monoisotopic (exact) mass is 856 g/mol. The SMILES string of the molecule is COc1c(NC(=O)c2ccc(NC(=O)c3ccc(N(C(=O)CNC(=O)c4ccc(NC(O)c5ccc(C#N)cc5)cc4)c4nn[nH]c4C)cn3)c(OC)c2O)ccc(C(=O)O)c1O. The maximum absolute atomic E-state index is 13.7. The molecule has 0 fully saturated rings. The number of carbonyl (C=O) groups excluding carboxylic acids is 4. The zero-order valence-electron chi connectivity index (χ0n) is 33.3. The summed E-state index contributed by atoms with van der Waals surface area (Å²) >= 11 is 0. The van der Waals surface area contributed by atoms with Crippen LogP contribution in [0.5, 0.6) is 23.0 Å². The molecule has 1 unspecified atom stereocenters. The van der Waals surface area contributed by atoms with Crippen LogP contribution in [-0.2, 0) is 4.79 Å². The molecule has 0 spiro atoms. The summed E-state index contributed by atoms with van der Waals surface area (Å²) in [4.78, 5) is 70.0. The third-order valence-corrected chi connectivity index (χ3v) is 9.25. The second-order valence-corrected chi connectivity index (χ2v) is 13.2. The van der Waals surface area contributed by atoms with Crippen molar-refractivity contribution in [1.29, 1.82) is 5.26 Å². The number of methoxy groups -OCH3 is 2. The molecule has 2 heterocycles. The molecule has 21 nitrogen and oxygen atoms in total. The topological polar surface area (TPSA) is 314 Å². The number of nitriles is 1. The fraction of sp³-hybridized carbons (Fsp3) is 0.119. The Kier molecular flexibility index (Phi) is 13.1. The van der Waals surface area contributed by atoms with Gasteiger partial charge in [-0.1, -0.05) is 17.3 Å². The van der Waals surface area contributed by atoms with Crippen molar-refractivity contribution in [1.82, 2.24) is 25.7 Å². The second-order valence-electron chi connectivity index (χ2n) is 13.2. The lowest BCUT2D eigenvalue weighted by Gasteiger charge is -2.21. The van der Waals surface area contributed by atoms with Gasteiger partial charge in [0.1, 0.15) is 11.3 Å². The first-order valence-corrected chi connectivity index (χ1v) is 18.4. The molecule has 21 heteroatoms. The van der Waals surface area contributed by atoms with E-state index in [-0.39, 0.29) is 51.2 Å². The van der Waals surface area contributed by atoms with Gasteiger partial charge >= 0.3 is 5.97 Å². The van der Waals surface area contributed by atoms with Gasteiger partial charge in [-0.3, -0.25) is 29.2 Å². The van der Waals surface area contributed by atoms with Crippen LogP contribution in [0.3, 0.4) is 0 Å². The number of carbonyl (C=O) groups is 5. The molecule has 320 valence electrons. The van der Waals surface area contributed by atoms with Crippen molar-refractivity contribution in [2.45, 2.75) is 13.2 Å². The Bertz CT molecular complexity index is 2750. The minimum absolute atomic E-state index is 0.0548. The molecule has 1 atom stereocenters. The number of aliphatic hydroxyl groups excluding tert-OH is 1. The fourth-order valence-electron chi connectivity index (χ4n) is 6.04. The Labute approximate surface area is 356 Å². The number of aryl methyl sites for hydroxylation is 1.